The van der Waals surface area contributed by atoms with E-state index < -0.39 is 6.04 Å². The highest BCUT2D eigenvalue weighted by atomic mass is 16.2. The highest BCUT2D eigenvalue weighted by Crippen LogP contribution is 1.87. The van der Waals surface area contributed by atoms with E-state index in [9.17, 15) is 9.59 Å². The van der Waals surface area contributed by atoms with E-state index in [1.165, 1.54) is 0 Å². The molecular weight excluding hydrogens is 206 g/mol. The van der Waals surface area contributed by atoms with E-state index in [1.807, 2.05) is 20.8 Å². The maximum absolute atomic E-state index is 11.4. The maximum Gasteiger partial charge on any atom is 0.242 e. The van der Waals surface area contributed by atoms with Crippen molar-refractivity contribution < 1.29 is 9.59 Å². The number of carbonyl (C=O) groups is 2. The lowest BCUT2D eigenvalue weighted by atomic mass is 10.2. The molecule has 0 rings (SSSR count). The lowest BCUT2D eigenvalue weighted by molar-refractivity contribution is -0.128. The van der Waals surface area contributed by atoms with Crippen molar-refractivity contribution >= 4 is 11.8 Å². The second kappa shape index (κ2) is 8.10. The van der Waals surface area contributed by atoms with Crippen molar-refractivity contribution in [2.75, 3.05) is 13.1 Å². The summed E-state index contributed by atoms with van der Waals surface area (Å²) in [4.78, 5) is 22.8. The van der Waals surface area contributed by atoms with Gasteiger partial charge in [-0.3, -0.25) is 9.59 Å². The zero-order chi connectivity index (χ0) is 12.6. The topological polar surface area (TPSA) is 70.2 Å². The minimum Gasteiger partial charge on any atom is -0.355 e. The summed E-state index contributed by atoms with van der Waals surface area (Å²) >= 11 is 0. The van der Waals surface area contributed by atoms with Gasteiger partial charge in [0.1, 0.15) is 6.04 Å². The molecule has 0 aromatic rings. The van der Waals surface area contributed by atoms with Gasteiger partial charge in [-0.15, -0.1) is 0 Å². The third-order valence-corrected chi connectivity index (χ3v) is 2.35. The number of hydrogen-bond donors (Lipinski definition) is 3. The Morgan fingerprint density at radius 1 is 1.19 bits per heavy atom. The van der Waals surface area contributed by atoms with E-state index in [2.05, 4.69) is 16.0 Å². The van der Waals surface area contributed by atoms with Crippen LogP contribution in [0.2, 0.25) is 0 Å². The normalized spacial score (nSPS) is 14.0. The van der Waals surface area contributed by atoms with Gasteiger partial charge >= 0.3 is 0 Å². The van der Waals surface area contributed by atoms with Gasteiger partial charge in [-0.25, -0.2) is 0 Å². The predicted octanol–water partition coefficient (Wildman–Crippen LogP) is 0.0153. The van der Waals surface area contributed by atoms with Crippen LogP contribution < -0.4 is 16.0 Å². The lowest BCUT2D eigenvalue weighted by Crippen LogP contribution is -2.48. The zero-order valence-electron chi connectivity index (χ0n) is 10.6. The molecule has 2 amide bonds. The van der Waals surface area contributed by atoms with Crippen molar-refractivity contribution in [3.63, 3.8) is 0 Å². The zero-order valence-corrected chi connectivity index (χ0v) is 10.6. The molecule has 2 unspecified atom stereocenters. The van der Waals surface area contributed by atoms with Crippen molar-refractivity contribution in [3.05, 3.63) is 0 Å². The van der Waals surface area contributed by atoms with Gasteiger partial charge in [0.05, 0.1) is 6.54 Å². The summed E-state index contributed by atoms with van der Waals surface area (Å²) in [5.74, 6) is -0.307. The number of rotatable bonds is 7. The Balaban J connectivity index is 3.82. The number of amides is 2. The number of nitrogens with one attached hydrogen (secondary N) is 3. The van der Waals surface area contributed by atoms with Crippen LogP contribution in [-0.2, 0) is 9.59 Å². The van der Waals surface area contributed by atoms with Gasteiger partial charge in [0, 0.05) is 12.6 Å². The SMILES string of the molecule is CCNC(=O)C(C)NC(=O)CNC(C)CC. The van der Waals surface area contributed by atoms with Gasteiger partial charge in [0.15, 0.2) is 0 Å². The summed E-state index contributed by atoms with van der Waals surface area (Å²) in [6.07, 6.45) is 0.971. The van der Waals surface area contributed by atoms with Gasteiger partial charge < -0.3 is 16.0 Å². The molecule has 0 fully saturated rings. The van der Waals surface area contributed by atoms with E-state index in [0.717, 1.165) is 6.42 Å². The third-order valence-electron chi connectivity index (χ3n) is 2.35. The van der Waals surface area contributed by atoms with Crippen LogP contribution in [-0.4, -0.2) is 37.0 Å². The number of likely N-dealkylation sites (N-methyl/N-ethyl adjacent to an activating group) is 1. The van der Waals surface area contributed by atoms with E-state index in [0.29, 0.717) is 12.6 Å². The molecule has 5 nitrogen and oxygen atoms in total. The molecule has 2 atom stereocenters. The Hall–Kier alpha value is -1.10. The van der Waals surface area contributed by atoms with E-state index in [1.54, 1.807) is 6.92 Å². The molecule has 16 heavy (non-hydrogen) atoms. The Kier molecular flexibility index (Phi) is 7.54. The van der Waals surface area contributed by atoms with Crippen molar-refractivity contribution in [2.45, 2.75) is 46.2 Å². The summed E-state index contributed by atoms with van der Waals surface area (Å²) < 4.78 is 0. The van der Waals surface area contributed by atoms with Gasteiger partial charge in [0.25, 0.3) is 0 Å². The molecule has 0 radical (unpaired) electrons. The lowest BCUT2D eigenvalue weighted by Gasteiger charge is -2.15. The van der Waals surface area contributed by atoms with Crippen LogP contribution in [0.25, 0.3) is 0 Å². The van der Waals surface area contributed by atoms with Crippen molar-refractivity contribution in [1.29, 1.82) is 0 Å². The molecule has 94 valence electrons. The summed E-state index contributed by atoms with van der Waals surface area (Å²) in [5.41, 5.74) is 0. The fourth-order valence-corrected chi connectivity index (χ4v) is 1.10. The van der Waals surface area contributed by atoms with Gasteiger partial charge in [-0.2, -0.15) is 0 Å². The first-order valence-corrected chi connectivity index (χ1v) is 5.81. The fraction of sp³-hybridized carbons (Fsp3) is 0.818. The molecule has 0 aliphatic rings. The van der Waals surface area contributed by atoms with Crippen molar-refractivity contribution in [3.8, 4) is 0 Å². The molecule has 3 N–H and O–H groups in total. The van der Waals surface area contributed by atoms with Crippen LogP contribution in [0.4, 0.5) is 0 Å². The van der Waals surface area contributed by atoms with Gasteiger partial charge in [-0.1, -0.05) is 6.92 Å². The Morgan fingerprint density at radius 2 is 1.81 bits per heavy atom. The quantitative estimate of drug-likeness (QED) is 0.576. The highest BCUT2D eigenvalue weighted by molar-refractivity contribution is 5.87. The molecule has 0 heterocycles. The molecule has 0 bridgehead atoms. The molecule has 0 aromatic heterocycles. The Labute approximate surface area is 97.4 Å². The van der Waals surface area contributed by atoms with Gasteiger partial charge in [0.2, 0.25) is 11.8 Å². The summed E-state index contributed by atoms with van der Waals surface area (Å²) in [7, 11) is 0. The minimum atomic E-state index is -0.480. The first-order valence-electron chi connectivity index (χ1n) is 5.81. The average molecular weight is 229 g/mol. The van der Waals surface area contributed by atoms with Gasteiger partial charge in [-0.05, 0) is 27.2 Å². The van der Waals surface area contributed by atoms with Crippen molar-refractivity contribution in [2.24, 2.45) is 0 Å². The van der Waals surface area contributed by atoms with Crippen LogP contribution >= 0.6 is 0 Å². The minimum absolute atomic E-state index is 0.153. The fourth-order valence-electron chi connectivity index (χ4n) is 1.10. The summed E-state index contributed by atoms with van der Waals surface area (Å²) in [6.45, 7) is 8.40. The summed E-state index contributed by atoms with van der Waals surface area (Å²) in [6, 6.07) is -0.170. The smallest absolute Gasteiger partial charge is 0.242 e. The standard InChI is InChI=1S/C11H23N3O2/c1-5-8(3)13-7-10(15)14-9(4)11(16)12-6-2/h8-9,13H,5-7H2,1-4H3,(H,12,16)(H,14,15). The summed E-state index contributed by atoms with van der Waals surface area (Å²) in [5, 5.41) is 8.35. The monoisotopic (exact) mass is 229 g/mol. The molecule has 5 heteroatoms. The molecule has 0 saturated heterocycles. The highest BCUT2D eigenvalue weighted by Gasteiger charge is 2.14. The van der Waals surface area contributed by atoms with Crippen LogP contribution in [0.1, 0.15) is 34.1 Å². The van der Waals surface area contributed by atoms with Crippen LogP contribution in [0.5, 0.6) is 0 Å². The average Bonchev–Trinajstić information content (AvgIpc) is 2.26. The largest absolute Gasteiger partial charge is 0.355 e. The first-order chi connectivity index (χ1) is 7.51. The molecule has 0 aliphatic heterocycles. The van der Waals surface area contributed by atoms with E-state index in [-0.39, 0.29) is 18.4 Å². The second-order valence-electron chi connectivity index (χ2n) is 3.87. The predicted molar refractivity (Wildman–Crippen MR) is 64.0 cm³/mol. The number of carbonyl (C=O) groups excluding carboxylic acids is 2. The third kappa shape index (κ3) is 6.40. The van der Waals surface area contributed by atoms with E-state index in [4.69, 9.17) is 0 Å². The molecule has 0 aliphatic carbocycles. The van der Waals surface area contributed by atoms with Crippen LogP contribution in [0.15, 0.2) is 0 Å². The van der Waals surface area contributed by atoms with Crippen LogP contribution in [0.3, 0.4) is 0 Å². The molecule has 0 aromatic carbocycles. The maximum atomic E-state index is 11.4. The molecule has 0 spiro atoms. The molecular formula is C11H23N3O2. The first kappa shape index (κ1) is 14.9. The molecule has 0 saturated carbocycles. The Bertz CT molecular complexity index is 231. The van der Waals surface area contributed by atoms with Crippen molar-refractivity contribution in [1.82, 2.24) is 16.0 Å². The second-order valence-corrected chi connectivity index (χ2v) is 3.87. The Morgan fingerprint density at radius 3 is 2.31 bits per heavy atom. The van der Waals surface area contributed by atoms with E-state index >= 15 is 0 Å². The number of hydrogen-bond acceptors (Lipinski definition) is 3. The van der Waals surface area contributed by atoms with Crippen LogP contribution in [0, 0.1) is 0 Å².